The quantitative estimate of drug-likeness (QED) is 0.833. The Morgan fingerprint density at radius 1 is 1.57 bits per heavy atom. The van der Waals surface area contributed by atoms with Gasteiger partial charge in [-0.15, -0.1) is 11.3 Å². The number of nitrogens with zero attached hydrogens (tertiary/aromatic N) is 1. The van der Waals surface area contributed by atoms with Gasteiger partial charge in [0.2, 0.25) is 0 Å². The number of hydrogen-bond acceptors (Lipinski definition) is 3. The molecule has 0 radical (unpaired) electrons. The molecule has 2 N–H and O–H groups in total. The van der Waals surface area contributed by atoms with Crippen molar-refractivity contribution >= 4 is 11.3 Å². The summed E-state index contributed by atoms with van der Waals surface area (Å²) in [5, 5.41) is 1.07. The van der Waals surface area contributed by atoms with Crippen molar-refractivity contribution in [1.82, 2.24) is 4.98 Å². The maximum absolute atomic E-state index is 6.25. The lowest BCUT2D eigenvalue weighted by Crippen LogP contribution is -2.33. The number of aromatic nitrogens is 1. The zero-order valence-corrected chi connectivity index (χ0v) is 10.3. The highest BCUT2D eigenvalue weighted by atomic mass is 32.1. The fourth-order valence-electron chi connectivity index (χ4n) is 1.31. The molecule has 1 aromatic rings. The Morgan fingerprint density at radius 2 is 2.21 bits per heavy atom. The van der Waals surface area contributed by atoms with Crippen LogP contribution in [0, 0.1) is 12.8 Å². The molecule has 0 aliphatic rings. The van der Waals surface area contributed by atoms with Crippen molar-refractivity contribution in [3.63, 3.8) is 0 Å². The fraction of sp³-hybridized carbons (Fsp3) is 0.727. The zero-order chi connectivity index (χ0) is 10.8. The summed E-state index contributed by atoms with van der Waals surface area (Å²) in [5.74, 6) is 0.707. The Labute approximate surface area is 90.6 Å². The third-order valence-corrected chi connectivity index (χ3v) is 3.54. The van der Waals surface area contributed by atoms with Crippen LogP contribution in [0.25, 0.3) is 0 Å². The smallest absolute Gasteiger partial charge is 0.112 e. The largest absolute Gasteiger partial charge is 0.320 e. The molecule has 1 heterocycles. The van der Waals surface area contributed by atoms with Crippen LogP contribution in [0.15, 0.2) is 6.20 Å². The molecule has 3 heteroatoms. The minimum absolute atomic E-state index is 0.247. The third kappa shape index (κ3) is 3.07. The van der Waals surface area contributed by atoms with Crippen molar-refractivity contribution in [3.05, 3.63) is 16.1 Å². The highest BCUT2D eigenvalue weighted by Crippen LogP contribution is 2.28. The van der Waals surface area contributed by atoms with Crippen molar-refractivity contribution < 1.29 is 0 Å². The zero-order valence-electron chi connectivity index (χ0n) is 9.50. The Hall–Kier alpha value is -0.410. The number of nitrogens with two attached hydrogens (primary N) is 1. The topological polar surface area (TPSA) is 38.9 Å². The molecule has 2 nitrogen and oxygen atoms in total. The Balaban J connectivity index is 2.65. The van der Waals surface area contributed by atoms with E-state index in [1.165, 1.54) is 4.88 Å². The van der Waals surface area contributed by atoms with Crippen LogP contribution in [0.1, 0.15) is 43.5 Å². The van der Waals surface area contributed by atoms with Crippen LogP contribution >= 0.6 is 11.3 Å². The van der Waals surface area contributed by atoms with E-state index in [9.17, 15) is 0 Å². The minimum atomic E-state index is -0.247. The lowest BCUT2D eigenvalue weighted by atomic mass is 9.94. The van der Waals surface area contributed by atoms with Gasteiger partial charge < -0.3 is 5.73 Å². The van der Waals surface area contributed by atoms with E-state index in [2.05, 4.69) is 32.7 Å². The molecule has 80 valence electrons. The van der Waals surface area contributed by atoms with Gasteiger partial charge in [0.1, 0.15) is 5.01 Å². The van der Waals surface area contributed by atoms with Crippen molar-refractivity contribution in [1.29, 1.82) is 0 Å². The standard InChI is InChI=1S/C11H20N2S/c1-8(2)5-6-11(4,12)10-13-7-9(3)14-10/h7-8H,5-6,12H2,1-4H3. The SMILES string of the molecule is Cc1cnc(C(C)(N)CCC(C)C)s1. The normalized spacial score (nSPS) is 15.9. The summed E-state index contributed by atoms with van der Waals surface area (Å²) in [5.41, 5.74) is 6.00. The number of thiazole rings is 1. The predicted molar refractivity (Wildman–Crippen MR) is 62.5 cm³/mol. The van der Waals surface area contributed by atoms with E-state index >= 15 is 0 Å². The lowest BCUT2D eigenvalue weighted by molar-refractivity contribution is 0.395. The molecule has 0 amide bonds. The average Bonchev–Trinajstić information content (AvgIpc) is 2.49. The average molecular weight is 212 g/mol. The van der Waals surface area contributed by atoms with Crippen LogP contribution in [-0.4, -0.2) is 4.98 Å². The van der Waals surface area contributed by atoms with Crippen LogP contribution in [0.4, 0.5) is 0 Å². The molecule has 0 aliphatic carbocycles. The summed E-state index contributed by atoms with van der Waals surface area (Å²) >= 11 is 1.71. The van der Waals surface area contributed by atoms with E-state index < -0.39 is 0 Å². The second kappa shape index (κ2) is 4.41. The van der Waals surface area contributed by atoms with Gasteiger partial charge in [-0.1, -0.05) is 13.8 Å². The molecule has 0 saturated carbocycles. The molecule has 14 heavy (non-hydrogen) atoms. The van der Waals surface area contributed by atoms with Crippen molar-refractivity contribution in [2.75, 3.05) is 0 Å². The Kier molecular flexibility index (Phi) is 3.67. The summed E-state index contributed by atoms with van der Waals surface area (Å²) in [4.78, 5) is 5.60. The molecule has 0 aliphatic heterocycles. The van der Waals surface area contributed by atoms with E-state index in [0.29, 0.717) is 5.92 Å². The van der Waals surface area contributed by atoms with E-state index in [4.69, 9.17) is 5.73 Å². The van der Waals surface area contributed by atoms with E-state index in [0.717, 1.165) is 17.8 Å². The fourth-order valence-corrected chi connectivity index (χ4v) is 2.17. The van der Waals surface area contributed by atoms with Gasteiger partial charge in [0.25, 0.3) is 0 Å². The molecular formula is C11H20N2S. The van der Waals surface area contributed by atoms with Gasteiger partial charge >= 0.3 is 0 Å². The molecule has 0 aromatic carbocycles. The maximum atomic E-state index is 6.25. The van der Waals surface area contributed by atoms with Gasteiger partial charge in [0, 0.05) is 11.1 Å². The summed E-state index contributed by atoms with van der Waals surface area (Å²) < 4.78 is 0. The monoisotopic (exact) mass is 212 g/mol. The van der Waals surface area contributed by atoms with Crippen molar-refractivity contribution in [2.24, 2.45) is 11.7 Å². The summed E-state index contributed by atoms with van der Waals surface area (Å²) in [6.07, 6.45) is 4.07. The van der Waals surface area contributed by atoms with Gasteiger partial charge in [0.15, 0.2) is 0 Å². The first kappa shape index (κ1) is 11.7. The molecule has 1 rings (SSSR count). The third-order valence-electron chi connectivity index (χ3n) is 2.35. The van der Waals surface area contributed by atoms with Crippen LogP contribution in [0.3, 0.4) is 0 Å². The first-order valence-electron chi connectivity index (χ1n) is 5.13. The minimum Gasteiger partial charge on any atom is -0.320 e. The second-order valence-corrected chi connectivity index (χ2v) is 5.86. The maximum Gasteiger partial charge on any atom is 0.112 e. The van der Waals surface area contributed by atoms with E-state index in [1.54, 1.807) is 11.3 Å². The van der Waals surface area contributed by atoms with Crippen LogP contribution in [0.2, 0.25) is 0 Å². The van der Waals surface area contributed by atoms with Gasteiger partial charge in [-0.2, -0.15) is 0 Å². The number of aryl methyl sites for hydroxylation is 1. The van der Waals surface area contributed by atoms with Gasteiger partial charge in [-0.25, -0.2) is 4.98 Å². The van der Waals surface area contributed by atoms with Gasteiger partial charge in [0.05, 0.1) is 5.54 Å². The Morgan fingerprint density at radius 3 is 2.64 bits per heavy atom. The van der Waals surface area contributed by atoms with Gasteiger partial charge in [-0.05, 0) is 32.6 Å². The molecule has 1 unspecified atom stereocenters. The first-order chi connectivity index (χ1) is 6.42. The molecule has 0 bridgehead atoms. The highest BCUT2D eigenvalue weighted by molar-refractivity contribution is 7.11. The Bertz CT molecular complexity index is 289. The molecule has 0 fully saturated rings. The van der Waals surface area contributed by atoms with Crippen LogP contribution < -0.4 is 5.73 Å². The summed E-state index contributed by atoms with van der Waals surface area (Å²) in [6, 6.07) is 0. The van der Waals surface area contributed by atoms with Crippen molar-refractivity contribution in [2.45, 2.75) is 46.1 Å². The first-order valence-corrected chi connectivity index (χ1v) is 5.95. The molecule has 1 aromatic heterocycles. The number of rotatable bonds is 4. The summed E-state index contributed by atoms with van der Waals surface area (Å²) in [6.45, 7) is 8.60. The van der Waals surface area contributed by atoms with E-state index in [1.807, 2.05) is 6.20 Å². The highest BCUT2D eigenvalue weighted by Gasteiger charge is 2.24. The molecule has 0 saturated heterocycles. The van der Waals surface area contributed by atoms with Crippen molar-refractivity contribution in [3.8, 4) is 0 Å². The predicted octanol–water partition coefficient (Wildman–Crippen LogP) is 3.06. The van der Waals surface area contributed by atoms with E-state index in [-0.39, 0.29) is 5.54 Å². The second-order valence-electron chi connectivity index (χ2n) is 4.63. The molecular weight excluding hydrogens is 192 g/mol. The van der Waals surface area contributed by atoms with Crippen LogP contribution in [-0.2, 0) is 5.54 Å². The summed E-state index contributed by atoms with van der Waals surface area (Å²) in [7, 11) is 0. The van der Waals surface area contributed by atoms with Gasteiger partial charge in [-0.3, -0.25) is 0 Å². The van der Waals surface area contributed by atoms with Crippen LogP contribution in [0.5, 0.6) is 0 Å². The number of hydrogen-bond donors (Lipinski definition) is 1. The molecule has 1 atom stereocenters. The molecule has 0 spiro atoms. The lowest BCUT2D eigenvalue weighted by Gasteiger charge is -2.22.